The Morgan fingerprint density at radius 1 is 1.35 bits per heavy atom. The van der Waals surface area contributed by atoms with Crippen LogP contribution in [0.3, 0.4) is 0 Å². The predicted octanol–water partition coefficient (Wildman–Crippen LogP) is 3.14. The van der Waals surface area contributed by atoms with Crippen LogP contribution in [0.5, 0.6) is 0 Å². The lowest BCUT2D eigenvalue weighted by molar-refractivity contribution is -0.105. The molecule has 0 bridgehead atoms. The van der Waals surface area contributed by atoms with E-state index in [-0.39, 0.29) is 16.1 Å². The molecule has 0 aliphatic rings. The van der Waals surface area contributed by atoms with E-state index < -0.39 is 28.5 Å². The molecule has 0 fully saturated rings. The molecule has 0 N–H and O–H groups in total. The molecule has 1 atom stereocenters. The number of benzene rings is 1. The van der Waals surface area contributed by atoms with Crippen LogP contribution in [0, 0.1) is 19.7 Å². The van der Waals surface area contributed by atoms with Crippen molar-refractivity contribution in [3.05, 3.63) is 34.1 Å². The highest BCUT2D eigenvalue weighted by atomic mass is 32.2. The smallest absolute Gasteiger partial charge is 0.307 e. The van der Waals surface area contributed by atoms with Crippen molar-refractivity contribution in [1.82, 2.24) is 8.94 Å². The molecule has 0 amide bonds. The number of rotatable bonds is 3. The molecule has 10 heteroatoms. The molecular weight excluding hydrogens is 354 g/mol. The minimum Gasteiger partial charge on any atom is -0.307 e. The predicted molar refractivity (Wildman–Crippen MR) is 79.5 cm³/mol. The van der Waals surface area contributed by atoms with E-state index in [0.29, 0.717) is 10.6 Å². The number of halogens is 4. The Balaban J connectivity index is 2.51. The molecule has 1 heterocycles. The quantitative estimate of drug-likeness (QED) is 0.783. The van der Waals surface area contributed by atoms with Crippen LogP contribution in [0.4, 0.5) is 23.2 Å². The number of aromatic nitrogens is 2. The summed E-state index contributed by atoms with van der Waals surface area (Å²) in [6, 6.07) is 2.14. The van der Waals surface area contributed by atoms with Gasteiger partial charge >= 0.3 is 6.18 Å². The lowest BCUT2D eigenvalue weighted by atomic mass is 10.2. The number of nitrogens with zero attached hydrogens (tertiary/aromatic N) is 3. The highest BCUT2D eigenvalue weighted by Crippen LogP contribution is 2.27. The highest BCUT2D eigenvalue weighted by Gasteiger charge is 2.31. The standard InChI is InChI=1S/C13H13F4N3OS2/c1-7-4-9(14)10(18-12-20(3)8(2)19-22-12)5-11(7)23(21)6-13(15,16)17/h4-5H,6H2,1-3H3. The lowest BCUT2D eigenvalue weighted by Crippen LogP contribution is -2.19. The molecule has 1 aromatic heterocycles. The van der Waals surface area contributed by atoms with E-state index in [0.717, 1.165) is 23.7 Å². The number of alkyl halides is 3. The van der Waals surface area contributed by atoms with Crippen molar-refractivity contribution in [2.45, 2.75) is 24.9 Å². The number of hydrogen-bond acceptors (Lipinski definition) is 4. The molecular formula is C13H13F4N3OS2. The van der Waals surface area contributed by atoms with E-state index in [9.17, 15) is 21.8 Å². The Morgan fingerprint density at radius 2 is 2.00 bits per heavy atom. The fraction of sp³-hybridized carbons (Fsp3) is 0.385. The van der Waals surface area contributed by atoms with Gasteiger partial charge in [0.15, 0.2) is 0 Å². The minimum atomic E-state index is -4.57. The van der Waals surface area contributed by atoms with Crippen molar-refractivity contribution in [3.63, 3.8) is 0 Å². The van der Waals surface area contributed by atoms with Crippen LogP contribution in [0.1, 0.15) is 11.4 Å². The van der Waals surface area contributed by atoms with Gasteiger partial charge in [-0.1, -0.05) is 0 Å². The summed E-state index contributed by atoms with van der Waals surface area (Å²) < 4.78 is 68.8. The summed E-state index contributed by atoms with van der Waals surface area (Å²) in [6.45, 7) is 3.15. The van der Waals surface area contributed by atoms with Gasteiger partial charge in [0.05, 0.1) is 10.8 Å². The first-order valence-corrected chi connectivity index (χ1v) is 8.47. The molecule has 2 aromatic rings. The monoisotopic (exact) mass is 367 g/mol. The van der Waals surface area contributed by atoms with Crippen LogP contribution in [-0.4, -0.2) is 25.1 Å². The first-order chi connectivity index (χ1) is 10.6. The molecule has 126 valence electrons. The van der Waals surface area contributed by atoms with Crippen molar-refractivity contribution in [2.24, 2.45) is 12.0 Å². The van der Waals surface area contributed by atoms with Crippen LogP contribution in [0.15, 0.2) is 22.0 Å². The van der Waals surface area contributed by atoms with Gasteiger partial charge in [-0.15, -0.1) is 0 Å². The Morgan fingerprint density at radius 3 is 2.52 bits per heavy atom. The van der Waals surface area contributed by atoms with E-state index in [1.165, 1.54) is 6.92 Å². The molecule has 0 saturated carbocycles. The van der Waals surface area contributed by atoms with E-state index >= 15 is 0 Å². The van der Waals surface area contributed by atoms with Crippen molar-refractivity contribution in [1.29, 1.82) is 0 Å². The average molecular weight is 367 g/mol. The first kappa shape index (κ1) is 17.8. The molecule has 23 heavy (non-hydrogen) atoms. The molecule has 2 rings (SSSR count). The molecule has 1 unspecified atom stereocenters. The summed E-state index contributed by atoms with van der Waals surface area (Å²) >= 11 is 1.03. The first-order valence-electron chi connectivity index (χ1n) is 6.38. The van der Waals surface area contributed by atoms with Crippen molar-refractivity contribution in [2.75, 3.05) is 5.75 Å². The van der Waals surface area contributed by atoms with Gasteiger partial charge in [-0.25, -0.2) is 9.38 Å². The van der Waals surface area contributed by atoms with Gasteiger partial charge in [-0.2, -0.15) is 17.5 Å². The van der Waals surface area contributed by atoms with Crippen LogP contribution < -0.4 is 4.80 Å². The summed E-state index contributed by atoms with van der Waals surface area (Å²) in [5.41, 5.74) is 0.0225. The second kappa shape index (κ2) is 6.52. The maximum absolute atomic E-state index is 14.0. The maximum Gasteiger partial charge on any atom is 0.400 e. The van der Waals surface area contributed by atoms with Crippen LogP contribution >= 0.6 is 11.5 Å². The molecule has 0 radical (unpaired) electrons. The maximum atomic E-state index is 14.0. The lowest BCUT2D eigenvalue weighted by Gasteiger charge is -2.10. The van der Waals surface area contributed by atoms with Gasteiger partial charge in [0.2, 0.25) is 4.80 Å². The Hall–Kier alpha value is -1.55. The van der Waals surface area contributed by atoms with Crippen molar-refractivity contribution in [3.8, 4) is 0 Å². The summed E-state index contributed by atoms with van der Waals surface area (Å²) in [7, 11) is -0.625. The van der Waals surface area contributed by atoms with E-state index in [1.807, 2.05) is 0 Å². The average Bonchev–Trinajstić information content (AvgIpc) is 2.71. The highest BCUT2D eigenvalue weighted by molar-refractivity contribution is 7.85. The molecule has 0 aliphatic carbocycles. The van der Waals surface area contributed by atoms with Crippen LogP contribution in [-0.2, 0) is 17.8 Å². The summed E-state index contributed by atoms with van der Waals surface area (Å²) in [5.74, 6) is -1.50. The number of aryl methyl sites for hydroxylation is 2. The van der Waals surface area contributed by atoms with Crippen LogP contribution in [0.2, 0.25) is 0 Å². The van der Waals surface area contributed by atoms with Gasteiger partial charge in [-0.3, -0.25) is 4.21 Å². The second-order valence-electron chi connectivity index (χ2n) is 4.86. The zero-order valence-corrected chi connectivity index (χ0v) is 14.1. The van der Waals surface area contributed by atoms with Gasteiger partial charge < -0.3 is 4.57 Å². The Kier molecular flexibility index (Phi) is 5.04. The van der Waals surface area contributed by atoms with Gasteiger partial charge in [0, 0.05) is 23.5 Å². The molecule has 0 aliphatic heterocycles. The Labute approximate surface area is 136 Å². The number of hydrogen-bond donors (Lipinski definition) is 0. The zero-order valence-electron chi connectivity index (χ0n) is 12.4. The van der Waals surface area contributed by atoms with Gasteiger partial charge in [0.25, 0.3) is 0 Å². The fourth-order valence-corrected chi connectivity index (χ4v) is 3.61. The molecule has 0 spiro atoms. The van der Waals surface area contributed by atoms with Crippen molar-refractivity contribution >= 4 is 28.0 Å². The van der Waals surface area contributed by atoms with E-state index in [2.05, 4.69) is 9.37 Å². The van der Waals surface area contributed by atoms with E-state index in [1.54, 1.807) is 18.5 Å². The molecule has 1 aromatic carbocycles. The Bertz CT molecular complexity index is 824. The van der Waals surface area contributed by atoms with Gasteiger partial charge in [-0.05, 0) is 31.5 Å². The van der Waals surface area contributed by atoms with Crippen molar-refractivity contribution < 1.29 is 21.8 Å². The third-order valence-electron chi connectivity index (χ3n) is 3.03. The summed E-state index contributed by atoms with van der Waals surface area (Å²) in [4.78, 5) is 4.38. The topological polar surface area (TPSA) is 47.2 Å². The fourth-order valence-electron chi connectivity index (χ4n) is 1.77. The normalized spacial score (nSPS) is 14.3. The SMILES string of the molecule is Cc1cc(F)c(N=c2snc(C)n2C)cc1S(=O)CC(F)(F)F. The third-order valence-corrected chi connectivity index (χ3v) is 5.44. The zero-order chi connectivity index (χ0) is 17.4. The van der Waals surface area contributed by atoms with Crippen LogP contribution in [0.25, 0.3) is 0 Å². The molecule has 0 saturated heterocycles. The third kappa shape index (κ3) is 4.25. The minimum absolute atomic E-state index is 0.0774. The van der Waals surface area contributed by atoms with E-state index in [4.69, 9.17) is 0 Å². The van der Waals surface area contributed by atoms with Gasteiger partial charge in [0.1, 0.15) is 23.1 Å². The second-order valence-corrected chi connectivity index (χ2v) is 7.01. The molecule has 4 nitrogen and oxygen atoms in total. The summed E-state index contributed by atoms with van der Waals surface area (Å²) in [6.07, 6.45) is -4.57. The largest absolute Gasteiger partial charge is 0.400 e. The summed E-state index contributed by atoms with van der Waals surface area (Å²) in [5, 5.41) is 0.